The van der Waals surface area contributed by atoms with Crippen molar-refractivity contribution in [1.29, 1.82) is 0 Å². The van der Waals surface area contributed by atoms with Crippen LogP contribution in [0.4, 0.5) is 13.2 Å². The molecule has 2 aromatic carbocycles. The highest BCUT2D eigenvalue weighted by molar-refractivity contribution is 5.37. The summed E-state index contributed by atoms with van der Waals surface area (Å²) in [6.45, 7) is -0.619. The molecule has 0 bridgehead atoms. The smallest absolute Gasteiger partial charge is 0.416 e. The van der Waals surface area contributed by atoms with Crippen molar-refractivity contribution in [2.24, 2.45) is 0 Å². The van der Waals surface area contributed by atoms with E-state index in [1.165, 1.54) is 25.3 Å². The van der Waals surface area contributed by atoms with E-state index < -0.39 is 17.8 Å². The lowest BCUT2D eigenvalue weighted by atomic mass is 10.2. The van der Waals surface area contributed by atoms with Crippen molar-refractivity contribution in [3.63, 3.8) is 0 Å². The lowest BCUT2D eigenvalue weighted by Crippen LogP contribution is -2.25. The van der Waals surface area contributed by atoms with E-state index >= 15 is 0 Å². The van der Waals surface area contributed by atoms with E-state index in [0.717, 1.165) is 12.1 Å². The summed E-state index contributed by atoms with van der Waals surface area (Å²) in [6, 6.07) is 10.7. The van der Waals surface area contributed by atoms with Gasteiger partial charge in [-0.1, -0.05) is 0 Å². The van der Waals surface area contributed by atoms with Crippen LogP contribution in [0.5, 0.6) is 17.2 Å². The first kappa shape index (κ1) is 20.6. The number of halogens is 3. The number of aliphatic hydroxyl groups is 2. The minimum absolute atomic E-state index is 0.261. The third-order valence-corrected chi connectivity index (χ3v) is 3.53. The summed E-state index contributed by atoms with van der Waals surface area (Å²) >= 11 is 0. The maximum atomic E-state index is 12.6. The molecule has 8 heteroatoms. The minimum atomic E-state index is -4.40. The summed E-state index contributed by atoms with van der Waals surface area (Å²) in [5.41, 5.74) is -0.751. The van der Waals surface area contributed by atoms with Crippen LogP contribution in [-0.2, 0) is 10.9 Å². The van der Waals surface area contributed by atoms with Crippen LogP contribution in [0, 0.1) is 0 Å². The van der Waals surface area contributed by atoms with Crippen molar-refractivity contribution in [3.05, 3.63) is 65.9 Å². The summed E-state index contributed by atoms with van der Waals surface area (Å²) in [4.78, 5) is 0. The normalized spacial score (nSPS) is 13.2. The van der Waals surface area contributed by atoms with Crippen LogP contribution in [0.15, 0.2) is 60.4 Å². The predicted octanol–water partition coefficient (Wildman–Crippen LogP) is 3.76. The molecule has 27 heavy (non-hydrogen) atoms. The van der Waals surface area contributed by atoms with Crippen LogP contribution in [0.25, 0.3) is 0 Å². The zero-order valence-electron chi connectivity index (χ0n) is 14.4. The maximum absolute atomic E-state index is 12.6. The predicted molar refractivity (Wildman–Crippen MR) is 91.6 cm³/mol. The van der Waals surface area contributed by atoms with E-state index in [0.29, 0.717) is 11.5 Å². The molecule has 0 saturated carbocycles. The summed E-state index contributed by atoms with van der Waals surface area (Å²) in [6.07, 6.45) is -3.81. The molecule has 5 nitrogen and oxygen atoms in total. The fourth-order valence-electron chi connectivity index (χ4n) is 2.22. The minimum Gasteiger partial charge on any atom is -0.497 e. The Morgan fingerprint density at radius 1 is 0.963 bits per heavy atom. The molecule has 0 aliphatic heterocycles. The van der Waals surface area contributed by atoms with Gasteiger partial charge in [-0.15, -0.1) is 0 Å². The van der Waals surface area contributed by atoms with Gasteiger partial charge in [-0.05, 0) is 54.6 Å². The van der Waals surface area contributed by atoms with E-state index in [1.807, 2.05) is 0 Å². The average Bonchev–Trinajstić information content (AvgIpc) is 2.65. The molecule has 1 atom stereocenters. The van der Waals surface area contributed by atoms with Crippen molar-refractivity contribution < 1.29 is 37.6 Å². The molecule has 0 aliphatic rings. The van der Waals surface area contributed by atoms with Gasteiger partial charge in [0.05, 0.1) is 25.9 Å². The Labute approximate surface area is 154 Å². The number of ether oxygens (including phenoxy) is 3. The molecule has 2 N–H and O–H groups in total. The molecule has 2 aromatic rings. The van der Waals surface area contributed by atoms with E-state index in [9.17, 15) is 18.3 Å². The molecular formula is C19H19F3O5. The van der Waals surface area contributed by atoms with E-state index in [1.54, 1.807) is 24.3 Å². The molecule has 0 saturated heterocycles. The Balaban J connectivity index is 2.03. The highest BCUT2D eigenvalue weighted by atomic mass is 19.4. The van der Waals surface area contributed by atoms with Gasteiger partial charge in [-0.2, -0.15) is 13.2 Å². The van der Waals surface area contributed by atoms with Crippen LogP contribution < -0.4 is 9.47 Å². The van der Waals surface area contributed by atoms with Gasteiger partial charge in [0.25, 0.3) is 0 Å². The van der Waals surface area contributed by atoms with Crippen LogP contribution in [0.3, 0.4) is 0 Å². The zero-order chi connectivity index (χ0) is 19.9. The molecule has 2 rings (SSSR count). The highest BCUT2D eigenvalue weighted by Crippen LogP contribution is 2.31. The Morgan fingerprint density at radius 2 is 1.48 bits per heavy atom. The van der Waals surface area contributed by atoms with Crippen molar-refractivity contribution >= 4 is 0 Å². The van der Waals surface area contributed by atoms with E-state index in [4.69, 9.17) is 19.3 Å². The highest BCUT2D eigenvalue weighted by Gasteiger charge is 2.30. The third-order valence-electron chi connectivity index (χ3n) is 3.53. The number of hydrogen-bond acceptors (Lipinski definition) is 5. The molecule has 0 aliphatic carbocycles. The Morgan fingerprint density at radius 3 is 1.93 bits per heavy atom. The summed E-state index contributed by atoms with van der Waals surface area (Å²) in [5, 5.41) is 18.4. The standard InChI is InChI=1S/C19H19F3O5/c1-25-17(10-11-23)18(12-24)27-16-8-6-15(7-9-16)26-14-4-2-13(3-5-14)19(20,21)22/h2-10,18,23-24H,11-12H2,1H3. The molecule has 0 aromatic heterocycles. The summed E-state index contributed by atoms with van der Waals surface area (Å²) < 4.78 is 53.8. The quantitative estimate of drug-likeness (QED) is 0.679. The molecule has 146 valence electrons. The lowest BCUT2D eigenvalue weighted by molar-refractivity contribution is -0.137. The number of methoxy groups -OCH3 is 1. The lowest BCUT2D eigenvalue weighted by Gasteiger charge is -2.19. The molecular weight excluding hydrogens is 365 g/mol. The topological polar surface area (TPSA) is 68.2 Å². The molecule has 0 radical (unpaired) electrons. The molecule has 0 spiro atoms. The maximum Gasteiger partial charge on any atom is 0.416 e. The first-order chi connectivity index (χ1) is 12.9. The first-order valence-corrected chi connectivity index (χ1v) is 7.95. The van der Waals surface area contributed by atoms with Gasteiger partial charge in [0, 0.05) is 0 Å². The van der Waals surface area contributed by atoms with Crippen LogP contribution >= 0.6 is 0 Å². The second-order valence-corrected chi connectivity index (χ2v) is 5.38. The van der Waals surface area contributed by atoms with Crippen molar-refractivity contribution in [2.45, 2.75) is 12.3 Å². The van der Waals surface area contributed by atoms with Crippen molar-refractivity contribution in [2.75, 3.05) is 20.3 Å². The van der Waals surface area contributed by atoms with E-state index in [2.05, 4.69) is 0 Å². The van der Waals surface area contributed by atoms with E-state index in [-0.39, 0.29) is 24.7 Å². The number of hydrogen-bond donors (Lipinski definition) is 2. The third kappa shape index (κ3) is 5.90. The Hall–Kier alpha value is -2.71. The zero-order valence-corrected chi connectivity index (χ0v) is 14.4. The van der Waals surface area contributed by atoms with Gasteiger partial charge in [0.15, 0.2) is 6.10 Å². The van der Waals surface area contributed by atoms with Crippen molar-refractivity contribution in [3.8, 4) is 17.2 Å². The molecule has 1 unspecified atom stereocenters. The van der Waals surface area contributed by atoms with Gasteiger partial charge < -0.3 is 24.4 Å². The van der Waals surface area contributed by atoms with Crippen LogP contribution in [0.2, 0.25) is 0 Å². The van der Waals surface area contributed by atoms with Gasteiger partial charge in [0.1, 0.15) is 23.0 Å². The van der Waals surface area contributed by atoms with Gasteiger partial charge in [-0.3, -0.25) is 0 Å². The Kier molecular flexibility index (Phi) is 7.09. The van der Waals surface area contributed by atoms with Gasteiger partial charge >= 0.3 is 6.18 Å². The molecule has 0 fully saturated rings. The largest absolute Gasteiger partial charge is 0.497 e. The second-order valence-electron chi connectivity index (χ2n) is 5.38. The molecule has 0 amide bonds. The molecule has 0 heterocycles. The Bertz CT molecular complexity index is 739. The fraction of sp³-hybridized carbons (Fsp3) is 0.263. The SMILES string of the molecule is COC(=CCO)C(CO)Oc1ccc(Oc2ccc(C(F)(F)F)cc2)cc1. The van der Waals surface area contributed by atoms with Crippen molar-refractivity contribution in [1.82, 2.24) is 0 Å². The van der Waals surface area contributed by atoms with Crippen LogP contribution in [-0.4, -0.2) is 36.6 Å². The van der Waals surface area contributed by atoms with Gasteiger partial charge in [0.2, 0.25) is 0 Å². The summed E-state index contributed by atoms with van der Waals surface area (Å²) in [5.74, 6) is 1.36. The fourth-order valence-corrected chi connectivity index (χ4v) is 2.22. The first-order valence-electron chi connectivity index (χ1n) is 7.95. The number of aliphatic hydroxyl groups excluding tert-OH is 2. The average molecular weight is 384 g/mol. The van der Waals surface area contributed by atoms with Crippen LogP contribution in [0.1, 0.15) is 5.56 Å². The number of rotatable bonds is 8. The number of alkyl halides is 3. The monoisotopic (exact) mass is 384 g/mol. The summed E-state index contributed by atoms with van der Waals surface area (Å²) in [7, 11) is 1.40. The number of benzene rings is 2. The second kappa shape index (κ2) is 9.29. The van der Waals surface area contributed by atoms with Gasteiger partial charge in [-0.25, -0.2) is 0 Å².